The lowest BCUT2D eigenvalue weighted by Gasteiger charge is -2.26. The van der Waals surface area contributed by atoms with Gasteiger partial charge in [0.2, 0.25) is 0 Å². The maximum Gasteiger partial charge on any atom is 0.254 e. The van der Waals surface area contributed by atoms with Crippen LogP contribution in [0.4, 0.5) is 0 Å². The molecule has 1 saturated heterocycles. The van der Waals surface area contributed by atoms with Crippen molar-refractivity contribution in [2.24, 2.45) is 0 Å². The number of likely N-dealkylation sites (tertiary alicyclic amines) is 1. The number of aliphatic hydroxyl groups excluding tert-OH is 1. The quantitative estimate of drug-likeness (QED) is 0.921. The maximum atomic E-state index is 12.8. The Kier molecular flexibility index (Phi) is 4.74. The van der Waals surface area contributed by atoms with Crippen molar-refractivity contribution in [3.8, 4) is 0 Å². The summed E-state index contributed by atoms with van der Waals surface area (Å²) >= 11 is 6.07. The number of halogens is 1. The Hall–Kier alpha value is -1.78. The fourth-order valence-corrected chi connectivity index (χ4v) is 3.52. The molecule has 0 saturated carbocycles. The van der Waals surface area contributed by atoms with Crippen LogP contribution in [-0.2, 0) is 0 Å². The Balaban J connectivity index is 1.74. The molecule has 0 bridgehead atoms. The number of furan rings is 1. The molecule has 1 amide bonds. The van der Waals surface area contributed by atoms with Gasteiger partial charge in [0.15, 0.2) is 0 Å². The highest BCUT2D eigenvalue weighted by molar-refractivity contribution is 6.31. The van der Waals surface area contributed by atoms with E-state index in [1.807, 2.05) is 24.0 Å². The van der Waals surface area contributed by atoms with Gasteiger partial charge in [0.25, 0.3) is 5.91 Å². The molecule has 2 atom stereocenters. The van der Waals surface area contributed by atoms with Gasteiger partial charge in [-0.05, 0) is 55.7 Å². The molecule has 2 unspecified atom stereocenters. The second-order valence-corrected chi connectivity index (χ2v) is 6.52. The summed E-state index contributed by atoms with van der Waals surface area (Å²) in [6.45, 7) is 2.63. The fraction of sp³-hybridized carbons (Fsp3) is 0.389. The molecular weight excluding hydrogens is 314 g/mol. The molecule has 1 N–H and O–H groups in total. The van der Waals surface area contributed by atoms with E-state index in [2.05, 4.69) is 0 Å². The number of carbonyl (C=O) groups is 1. The molecule has 1 aliphatic heterocycles. The molecule has 0 spiro atoms. The number of rotatable bonds is 4. The summed E-state index contributed by atoms with van der Waals surface area (Å²) in [7, 11) is 0. The smallest absolute Gasteiger partial charge is 0.254 e. The zero-order valence-corrected chi connectivity index (χ0v) is 13.8. The van der Waals surface area contributed by atoms with Gasteiger partial charge in [-0.2, -0.15) is 0 Å². The third kappa shape index (κ3) is 3.59. The summed E-state index contributed by atoms with van der Waals surface area (Å²) < 4.78 is 5.25. The number of nitrogens with zero attached hydrogens (tertiary/aromatic N) is 1. The van der Waals surface area contributed by atoms with Crippen molar-refractivity contribution in [2.45, 2.75) is 38.3 Å². The monoisotopic (exact) mass is 333 g/mol. The summed E-state index contributed by atoms with van der Waals surface area (Å²) in [5, 5.41) is 10.8. The summed E-state index contributed by atoms with van der Waals surface area (Å²) in [6.07, 6.45) is 3.18. The molecule has 5 heteroatoms. The number of amides is 1. The van der Waals surface area contributed by atoms with E-state index >= 15 is 0 Å². The van der Waals surface area contributed by atoms with Crippen LogP contribution in [0.5, 0.6) is 0 Å². The summed E-state index contributed by atoms with van der Waals surface area (Å²) in [5.41, 5.74) is 1.57. The molecule has 1 aromatic carbocycles. The lowest BCUT2D eigenvalue weighted by atomic mass is 10.0. The lowest BCUT2D eigenvalue weighted by molar-refractivity contribution is 0.0641. The zero-order chi connectivity index (χ0) is 16.4. The van der Waals surface area contributed by atoms with Crippen LogP contribution in [0.3, 0.4) is 0 Å². The van der Waals surface area contributed by atoms with Crippen LogP contribution >= 0.6 is 11.6 Å². The molecule has 122 valence electrons. The van der Waals surface area contributed by atoms with E-state index in [1.54, 1.807) is 24.5 Å². The first kappa shape index (κ1) is 16.1. The van der Waals surface area contributed by atoms with E-state index < -0.39 is 6.10 Å². The van der Waals surface area contributed by atoms with Gasteiger partial charge in [0.05, 0.1) is 6.26 Å². The van der Waals surface area contributed by atoms with E-state index in [1.165, 1.54) is 0 Å². The third-order valence-electron chi connectivity index (χ3n) is 4.29. The van der Waals surface area contributed by atoms with Gasteiger partial charge in [0, 0.05) is 29.6 Å². The molecule has 2 heterocycles. The number of benzene rings is 1. The predicted molar refractivity (Wildman–Crippen MR) is 88.5 cm³/mol. The molecule has 1 fully saturated rings. The third-order valence-corrected chi connectivity index (χ3v) is 4.51. The van der Waals surface area contributed by atoms with Crippen molar-refractivity contribution < 1.29 is 14.3 Å². The molecule has 2 aromatic rings. The van der Waals surface area contributed by atoms with Gasteiger partial charge in [-0.3, -0.25) is 4.79 Å². The number of hydrogen-bond acceptors (Lipinski definition) is 3. The first-order chi connectivity index (χ1) is 11.0. The van der Waals surface area contributed by atoms with E-state index in [0.29, 0.717) is 29.3 Å². The van der Waals surface area contributed by atoms with Gasteiger partial charge in [-0.25, -0.2) is 0 Å². The van der Waals surface area contributed by atoms with Gasteiger partial charge in [0.1, 0.15) is 11.9 Å². The van der Waals surface area contributed by atoms with Crippen molar-refractivity contribution in [2.75, 3.05) is 6.54 Å². The standard InChI is InChI=1S/C18H20ClNO3/c1-12-8-13(10-14(19)9-12)18(22)20-6-2-4-15(20)11-16(21)17-5-3-7-23-17/h3,5,7-10,15-16,21H,2,4,6,11H2,1H3. The first-order valence-corrected chi connectivity index (χ1v) is 8.22. The normalized spacial score (nSPS) is 19.1. The van der Waals surface area contributed by atoms with Gasteiger partial charge < -0.3 is 14.4 Å². The largest absolute Gasteiger partial charge is 0.467 e. The van der Waals surface area contributed by atoms with E-state index in [9.17, 15) is 9.90 Å². The molecule has 0 aliphatic carbocycles. The number of aliphatic hydroxyl groups is 1. The summed E-state index contributed by atoms with van der Waals surface area (Å²) in [4.78, 5) is 14.6. The van der Waals surface area contributed by atoms with Crippen molar-refractivity contribution in [1.82, 2.24) is 4.90 Å². The minimum absolute atomic E-state index is 0.0156. The Morgan fingerprint density at radius 2 is 2.30 bits per heavy atom. The Morgan fingerprint density at radius 3 is 3.00 bits per heavy atom. The average molecular weight is 334 g/mol. The van der Waals surface area contributed by atoms with E-state index in [0.717, 1.165) is 18.4 Å². The van der Waals surface area contributed by atoms with Crippen molar-refractivity contribution >= 4 is 17.5 Å². The minimum atomic E-state index is -0.690. The van der Waals surface area contributed by atoms with Gasteiger partial charge in [-0.15, -0.1) is 0 Å². The zero-order valence-electron chi connectivity index (χ0n) is 13.0. The van der Waals surface area contributed by atoms with Crippen LogP contribution < -0.4 is 0 Å². The minimum Gasteiger partial charge on any atom is -0.467 e. The molecule has 23 heavy (non-hydrogen) atoms. The van der Waals surface area contributed by atoms with Crippen LogP contribution in [0.1, 0.15) is 47.0 Å². The summed E-state index contributed by atoms with van der Waals surface area (Å²) in [6, 6.07) is 8.92. The molecule has 1 aliphatic rings. The van der Waals surface area contributed by atoms with Crippen LogP contribution in [0.2, 0.25) is 5.02 Å². The van der Waals surface area contributed by atoms with E-state index in [4.69, 9.17) is 16.0 Å². The molecule has 4 nitrogen and oxygen atoms in total. The Bertz CT molecular complexity index is 663. The van der Waals surface area contributed by atoms with Crippen molar-refractivity contribution in [3.63, 3.8) is 0 Å². The van der Waals surface area contributed by atoms with E-state index in [-0.39, 0.29) is 11.9 Å². The summed E-state index contributed by atoms with van der Waals surface area (Å²) in [5.74, 6) is 0.521. The highest BCUT2D eigenvalue weighted by Gasteiger charge is 2.32. The SMILES string of the molecule is Cc1cc(Cl)cc(C(=O)N2CCCC2CC(O)c2ccco2)c1. The fourth-order valence-electron chi connectivity index (χ4n) is 3.23. The predicted octanol–water partition coefficient (Wildman–Crippen LogP) is 3.97. The number of carbonyl (C=O) groups excluding carboxylic acids is 1. The molecule has 3 rings (SSSR count). The molecular formula is C18H20ClNO3. The first-order valence-electron chi connectivity index (χ1n) is 7.84. The van der Waals surface area contributed by atoms with Crippen LogP contribution in [-0.4, -0.2) is 28.5 Å². The average Bonchev–Trinajstić information content (AvgIpc) is 3.16. The highest BCUT2D eigenvalue weighted by atomic mass is 35.5. The number of hydrogen-bond donors (Lipinski definition) is 1. The maximum absolute atomic E-state index is 12.8. The lowest BCUT2D eigenvalue weighted by Crippen LogP contribution is -2.36. The van der Waals surface area contributed by atoms with Crippen LogP contribution in [0.25, 0.3) is 0 Å². The van der Waals surface area contributed by atoms with Crippen molar-refractivity contribution in [1.29, 1.82) is 0 Å². The second kappa shape index (κ2) is 6.77. The molecule has 0 radical (unpaired) electrons. The molecule has 1 aromatic heterocycles. The Labute approximate surface area is 140 Å². The number of aryl methyl sites for hydroxylation is 1. The Morgan fingerprint density at radius 1 is 1.48 bits per heavy atom. The second-order valence-electron chi connectivity index (χ2n) is 6.08. The van der Waals surface area contributed by atoms with Gasteiger partial charge in [-0.1, -0.05) is 11.6 Å². The van der Waals surface area contributed by atoms with Crippen LogP contribution in [0.15, 0.2) is 41.0 Å². The van der Waals surface area contributed by atoms with Gasteiger partial charge >= 0.3 is 0 Å². The topological polar surface area (TPSA) is 53.7 Å². The van der Waals surface area contributed by atoms with Crippen molar-refractivity contribution in [3.05, 3.63) is 58.5 Å². The highest BCUT2D eigenvalue weighted by Crippen LogP contribution is 2.29. The van der Waals surface area contributed by atoms with Crippen LogP contribution in [0, 0.1) is 6.92 Å².